The average Bonchev–Trinajstić information content (AvgIpc) is 2.24. The van der Waals surface area contributed by atoms with Gasteiger partial charge in [-0.15, -0.1) is 15.8 Å². The Hall–Kier alpha value is 2.69. The molecule has 0 aromatic rings. The molecule has 0 aliphatic carbocycles. The standard InChI is InChI=1S/2C6H15P.2Au.S/c2*1-4-7(5-2)6-3;;;/h2*4-6H2,1-3H3;;;/q;;2*+1;-2. The van der Waals surface area contributed by atoms with Gasteiger partial charge in [-0.2, -0.15) is 0 Å². The van der Waals surface area contributed by atoms with Crippen molar-refractivity contribution in [1.29, 1.82) is 0 Å². The van der Waals surface area contributed by atoms with Gasteiger partial charge in [0.05, 0.1) is 0 Å². The number of hydrogen-bond acceptors (Lipinski definition) is 0. The van der Waals surface area contributed by atoms with Crippen molar-refractivity contribution in [2.24, 2.45) is 0 Å². The molecule has 0 atom stereocenters. The van der Waals surface area contributed by atoms with Crippen LogP contribution in [0.2, 0.25) is 0 Å². The van der Waals surface area contributed by atoms with Crippen LogP contribution in [-0.4, -0.2) is 37.0 Å². The van der Waals surface area contributed by atoms with E-state index in [4.69, 9.17) is 0 Å². The summed E-state index contributed by atoms with van der Waals surface area (Å²) in [6, 6.07) is 0. The summed E-state index contributed by atoms with van der Waals surface area (Å²) < 4.78 is 0. The third kappa shape index (κ3) is 24.1. The first kappa shape index (κ1) is 31.9. The fourth-order valence-electron chi connectivity index (χ4n) is 1.34. The maximum atomic E-state index is 2.29. The second-order valence-electron chi connectivity index (χ2n) is 3.24. The predicted molar refractivity (Wildman–Crippen MR) is 84.5 cm³/mol. The molecule has 0 unspecified atom stereocenters. The largest absolute Gasteiger partial charge is 2.00 e. The molecule has 0 nitrogen and oxygen atoms in total. The van der Waals surface area contributed by atoms with E-state index >= 15 is 0 Å². The Kier molecular flexibility index (Phi) is 50.8. The molecule has 5 heteroatoms. The molecule has 0 rings (SSSR count). The van der Waals surface area contributed by atoms with Crippen molar-refractivity contribution in [1.82, 2.24) is 0 Å². The molecule has 0 heterocycles. The van der Waals surface area contributed by atoms with E-state index in [1.807, 2.05) is 0 Å². The van der Waals surface area contributed by atoms with Gasteiger partial charge in [-0.3, -0.25) is 0 Å². The maximum Gasteiger partial charge on any atom is 1.00 e. The summed E-state index contributed by atoms with van der Waals surface area (Å²) in [5, 5.41) is 0. The van der Waals surface area contributed by atoms with Crippen LogP contribution in [0.1, 0.15) is 41.5 Å². The van der Waals surface area contributed by atoms with Gasteiger partial charge in [0, 0.05) is 0 Å². The van der Waals surface area contributed by atoms with Gasteiger partial charge in [0.15, 0.2) is 0 Å². The second-order valence-corrected chi connectivity index (χ2v) is 9.72. The smallest absolute Gasteiger partial charge is 1.00 e. The van der Waals surface area contributed by atoms with Crippen molar-refractivity contribution in [2.45, 2.75) is 41.5 Å². The van der Waals surface area contributed by atoms with E-state index < -0.39 is 0 Å². The predicted octanol–water partition coefficient (Wildman–Crippen LogP) is 5.05. The Bertz CT molecular complexity index is 77.5. The first-order valence-electron chi connectivity index (χ1n) is 6.14. The maximum absolute atomic E-state index is 2.29. The monoisotopic (exact) mass is 662 g/mol. The van der Waals surface area contributed by atoms with Crippen LogP contribution in [0.3, 0.4) is 0 Å². The quantitative estimate of drug-likeness (QED) is 0.276. The van der Waals surface area contributed by atoms with Crippen molar-refractivity contribution in [3.8, 4) is 0 Å². The van der Waals surface area contributed by atoms with Crippen LogP contribution < -0.4 is 0 Å². The molecule has 116 valence electrons. The first-order valence-corrected chi connectivity index (χ1v) is 9.93. The molecule has 0 spiro atoms. The summed E-state index contributed by atoms with van der Waals surface area (Å²) in [6.45, 7) is 13.7. The topological polar surface area (TPSA) is 0 Å². The van der Waals surface area contributed by atoms with Gasteiger partial charge in [-0.05, 0) is 37.0 Å². The summed E-state index contributed by atoms with van der Waals surface area (Å²) in [6.07, 6.45) is 8.51. The number of hydrogen-bond donors (Lipinski definition) is 0. The molecule has 0 aliphatic heterocycles. The van der Waals surface area contributed by atoms with Crippen molar-refractivity contribution >= 4 is 29.3 Å². The summed E-state index contributed by atoms with van der Waals surface area (Å²) in [7, 11) is 0.892. The normalized spacial score (nSPS) is 8.47. The van der Waals surface area contributed by atoms with Crippen molar-refractivity contribution in [3.63, 3.8) is 0 Å². The molecule has 0 amide bonds. The van der Waals surface area contributed by atoms with Gasteiger partial charge < -0.3 is 13.5 Å². The number of rotatable bonds is 6. The average molecular weight is 662 g/mol. The molecule has 0 aliphatic rings. The molecule has 0 aromatic carbocycles. The molecule has 0 saturated carbocycles. The molecule has 0 bridgehead atoms. The Labute approximate surface area is 151 Å². The van der Waals surface area contributed by atoms with E-state index in [1.54, 1.807) is 0 Å². The molecule has 0 radical (unpaired) electrons. The van der Waals surface area contributed by atoms with Crippen LogP contribution >= 0.6 is 15.8 Å². The SMILES string of the molecule is CCP(CC)CC.CCP(CC)CC.[Au+].[Au+].[S-2]. The van der Waals surface area contributed by atoms with E-state index in [9.17, 15) is 0 Å². The molecular weight excluding hydrogens is 632 g/mol. The van der Waals surface area contributed by atoms with Gasteiger partial charge in [0.1, 0.15) is 0 Å². The van der Waals surface area contributed by atoms with Crippen molar-refractivity contribution in [2.75, 3.05) is 37.0 Å². The van der Waals surface area contributed by atoms with Gasteiger partial charge in [-0.1, -0.05) is 41.5 Å². The molecule has 0 saturated heterocycles. The van der Waals surface area contributed by atoms with Crippen LogP contribution in [0, 0.1) is 0 Å². The van der Waals surface area contributed by atoms with Gasteiger partial charge in [-0.25, -0.2) is 0 Å². The molecule has 0 fully saturated rings. The molecule has 0 aromatic heterocycles. The molecular formula is C12H30Au2P2S. The minimum Gasteiger partial charge on any atom is -2.00 e. The third-order valence-corrected chi connectivity index (χ3v) is 8.05. The summed E-state index contributed by atoms with van der Waals surface area (Å²) in [5.41, 5.74) is 0. The Morgan fingerprint density at radius 3 is 0.588 bits per heavy atom. The van der Waals surface area contributed by atoms with Gasteiger partial charge in [0.25, 0.3) is 0 Å². The fourth-order valence-corrected chi connectivity index (χ4v) is 4.02. The van der Waals surface area contributed by atoms with Crippen LogP contribution in [0.15, 0.2) is 0 Å². The van der Waals surface area contributed by atoms with E-state index in [0.717, 1.165) is 0 Å². The minimum atomic E-state index is 0. The third-order valence-electron chi connectivity index (χ3n) is 2.68. The van der Waals surface area contributed by atoms with Gasteiger partial charge in [0.2, 0.25) is 0 Å². The minimum absolute atomic E-state index is 0. The van der Waals surface area contributed by atoms with E-state index in [0.29, 0.717) is 15.8 Å². The summed E-state index contributed by atoms with van der Waals surface area (Å²) in [5.74, 6) is 0. The Balaban J connectivity index is -0.0000000480. The summed E-state index contributed by atoms with van der Waals surface area (Å²) in [4.78, 5) is 0. The van der Waals surface area contributed by atoms with E-state index in [1.165, 1.54) is 37.0 Å². The van der Waals surface area contributed by atoms with E-state index in [-0.39, 0.29) is 58.3 Å². The second kappa shape index (κ2) is 27.1. The van der Waals surface area contributed by atoms with Crippen LogP contribution in [0.25, 0.3) is 0 Å². The Morgan fingerprint density at radius 1 is 0.471 bits per heavy atom. The fraction of sp³-hybridized carbons (Fsp3) is 1.00. The zero-order valence-electron chi connectivity index (χ0n) is 12.1. The van der Waals surface area contributed by atoms with Crippen molar-refractivity contribution < 1.29 is 44.8 Å². The zero-order valence-corrected chi connectivity index (χ0v) is 19.1. The van der Waals surface area contributed by atoms with Gasteiger partial charge >= 0.3 is 44.8 Å². The molecule has 17 heavy (non-hydrogen) atoms. The van der Waals surface area contributed by atoms with Crippen molar-refractivity contribution in [3.05, 3.63) is 0 Å². The Morgan fingerprint density at radius 2 is 0.588 bits per heavy atom. The zero-order chi connectivity index (χ0) is 11.4. The van der Waals surface area contributed by atoms with E-state index in [2.05, 4.69) is 41.5 Å². The molecule has 0 N–H and O–H groups in total. The van der Waals surface area contributed by atoms with Crippen LogP contribution in [0.4, 0.5) is 0 Å². The van der Waals surface area contributed by atoms with Crippen LogP contribution in [0.5, 0.6) is 0 Å². The summed E-state index contributed by atoms with van der Waals surface area (Å²) >= 11 is 0. The first-order chi connectivity index (χ1) is 6.69. The van der Waals surface area contributed by atoms with Crippen LogP contribution in [-0.2, 0) is 58.3 Å².